The van der Waals surface area contributed by atoms with Gasteiger partial charge in [-0.25, -0.2) is 0 Å². The van der Waals surface area contributed by atoms with Crippen molar-refractivity contribution in [3.05, 3.63) is 71.8 Å². The summed E-state index contributed by atoms with van der Waals surface area (Å²) in [6.07, 6.45) is 3.53. The van der Waals surface area contributed by atoms with Crippen LogP contribution in [-0.2, 0) is 31.3 Å². The molecule has 2 aliphatic heterocycles. The summed E-state index contributed by atoms with van der Waals surface area (Å²) in [5.41, 5.74) is 0.918. The highest BCUT2D eigenvalue weighted by atomic mass is 16.6. The minimum atomic E-state index is -1.70. The molecule has 0 bridgehead atoms. The molecule has 0 saturated carbocycles. The average Bonchev–Trinajstić information content (AvgIpc) is 3.02. The van der Waals surface area contributed by atoms with Gasteiger partial charge in [-0.15, -0.1) is 0 Å². The first kappa shape index (κ1) is 23.7. The Kier molecular flexibility index (Phi) is 6.54. The molecule has 3 atom stereocenters. The lowest BCUT2D eigenvalue weighted by Crippen LogP contribution is -2.54. The maximum absolute atomic E-state index is 13.5. The van der Waals surface area contributed by atoms with Crippen LogP contribution in [0.15, 0.2) is 60.7 Å². The maximum Gasteiger partial charge on any atom is 0.304 e. The molecule has 2 aromatic rings. The first-order chi connectivity index (χ1) is 16.3. The number of carbonyl (C=O) groups excluding carboxylic acids is 3. The van der Waals surface area contributed by atoms with Crippen LogP contribution in [0.1, 0.15) is 37.8 Å². The maximum atomic E-state index is 13.5. The fourth-order valence-electron chi connectivity index (χ4n) is 4.50. The zero-order chi connectivity index (χ0) is 24.5. The number of fused-ring (bicyclic) bond motifs is 1. The number of hydrogen-bond donors (Lipinski definition) is 2. The molecular formula is C26H28N2O6. The summed E-state index contributed by atoms with van der Waals surface area (Å²) < 4.78 is 5.16. The van der Waals surface area contributed by atoms with Crippen molar-refractivity contribution in [1.82, 2.24) is 0 Å². The van der Waals surface area contributed by atoms with E-state index in [-0.39, 0.29) is 25.5 Å². The lowest BCUT2D eigenvalue weighted by atomic mass is 9.83. The molecular weight excluding hydrogens is 436 g/mol. The zero-order valence-electron chi connectivity index (χ0n) is 19.2. The number of aliphatic hydroxyl groups is 2. The van der Waals surface area contributed by atoms with Crippen molar-refractivity contribution >= 4 is 29.2 Å². The molecule has 178 valence electrons. The molecule has 1 unspecified atom stereocenters. The molecule has 0 aliphatic carbocycles. The van der Waals surface area contributed by atoms with E-state index in [1.54, 1.807) is 48.2 Å². The van der Waals surface area contributed by atoms with Gasteiger partial charge in [-0.3, -0.25) is 19.3 Å². The van der Waals surface area contributed by atoms with Crippen molar-refractivity contribution in [3.63, 3.8) is 0 Å². The minimum Gasteiger partial charge on any atom is -0.441 e. The number of nitrogens with zero attached hydrogens (tertiary/aromatic N) is 2. The third-order valence-electron chi connectivity index (χ3n) is 6.32. The van der Waals surface area contributed by atoms with Crippen LogP contribution < -0.4 is 9.80 Å². The number of amides is 2. The van der Waals surface area contributed by atoms with E-state index in [4.69, 9.17) is 9.84 Å². The Morgan fingerprint density at radius 1 is 1.21 bits per heavy atom. The van der Waals surface area contributed by atoms with Crippen molar-refractivity contribution in [2.45, 2.75) is 45.1 Å². The monoisotopic (exact) mass is 464 g/mol. The van der Waals surface area contributed by atoms with Crippen LogP contribution in [0.5, 0.6) is 0 Å². The van der Waals surface area contributed by atoms with Gasteiger partial charge < -0.3 is 19.8 Å². The SMILES string of the molecule is CC(=O)OC1CC(=O)N1c1ccc(CN2C(=O)[C@@](O)([C@@H](C)/C=C/CCO)c3ccccc32)cc1. The fourth-order valence-corrected chi connectivity index (χ4v) is 4.50. The van der Waals surface area contributed by atoms with Crippen molar-refractivity contribution in [3.8, 4) is 0 Å². The van der Waals surface area contributed by atoms with Crippen LogP contribution in [0.4, 0.5) is 11.4 Å². The number of esters is 1. The highest BCUT2D eigenvalue weighted by Crippen LogP contribution is 2.45. The fraction of sp³-hybridized carbons (Fsp3) is 0.346. The number of para-hydroxylation sites is 1. The highest BCUT2D eigenvalue weighted by Gasteiger charge is 2.52. The molecule has 2 aliphatic rings. The van der Waals surface area contributed by atoms with Crippen molar-refractivity contribution in [1.29, 1.82) is 0 Å². The van der Waals surface area contributed by atoms with Gasteiger partial charge in [0.1, 0.15) is 0 Å². The van der Waals surface area contributed by atoms with Gasteiger partial charge in [0.05, 0.1) is 18.7 Å². The molecule has 34 heavy (non-hydrogen) atoms. The summed E-state index contributed by atoms with van der Waals surface area (Å²) in [6.45, 7) is 3.33. The van der Waals surface area contributed by atoms with E-state index in [9.17, 15) is 19.5 Å². The predicted octanol–water partition coefficient (Wildman–Crippen LogP) is 2.62. The van der Waals surface area contributed by atoms with E-state index < -0.39 is 29.6 Å². The van der Waals surface area contributed by atoms with Crippen LogP contribution in [-0.4, -0.2) is 40.8 Å². The molecule has 8 nitrogen and oxygen atoms in total. The minimum absolute atomic E-state index is 0.00104. The number of ether oxygens (including phenoxy) is 1. The molecule has 0 radical (unpaired) electrons. The Labute approximate surface area is 198 Å². The van der Waals surface area contributed by atoms with Crippen LogP contribution in [0.2, 0.25) is 0 Å². The van der Waals surface area contributed by atoms with E-state index in [0.717, 1.165) is 5.56 Å². The van der Waals surface area contributed by atoms with Gasteiger partial charge in [0.2, 0.25) is 5.91 Å². The van der Waals surface area contributed by atoms with Crippen molar-refractivity contribution < 1.29 is 29.3 Å². The molecule has 2 heterocycles. The molecule has 0 spiro atoms. The van der Waals surface area contributed by atoms with Gasteiger partial charge in [0, 0.05) is 30.7 Å². The van der Waals surface area contributed by atoms with E-state index in [2.05, 4.69) is 0 Å². The first-order valence-corrected chi connectivity index (χ1v) is 11.3. The second kappa shape index (κ2) is 9.40. The normalized spacial score (nSPS) is 22.6. The quantitative estimate of drug-likeness (QED) is 0.353. The van der Waals surface area contributed by atoms with Crippen LogP contribution in [0, 0.1) is 5.92 Å². The smallest absolute Gasteiger partial charge is 0.304 e. The molecule has 2 amide bonds. The highest BCUT2D eigenvalue weighted by molar-refractivity contribution is 6.07. The van der Waals surface area contributed by atoms with Gasteiger partial charge in [-0.2, -0.15) is 0 Å². The number of β-lactam (4-membered cyclic amide) rings is 1. The molecule has 1 fully saturated rings. The summed E-state index contributed by atoms with van der Waals surface area (Å²) in [7, 11) is 0. The first-order valence-electron chi connectivity index (χ1n) is 11.3. The van der Waals surface area contributed by atoms with E-state index in [1.807, 2.05) is 24.3 Å². The number of benzene rings is 2. The van der Waals surface area contributed by atoms with Crippen LogP contribution in [0.3, 0.4) is 0 Å². The second-order valence-electron chi connectivity index (χ2n) is 8.60. The molecule has 2 aromatic carbocycles. The average molecular weight is 465 g/mol. The van der Waals surface area contributed by atoms with E-state index >= 15 is 0 Å². The number of rotatable bonds is 8. The Balaban J connectivity index is 1.56. The number of hydrogen-bond acceptors (Lipinski definition) is 6. The standard InChI is InChI=1S/C26H28N2O6/c1-17(7-5-6-14-29)26(33)21-8-3-4-9-22(21)27(25(26)32)16-19-10-12-20(13-11-19)28-23(31)15-24(28)34-18(2)30/h3-5,7-13,17,24,29,33H,6,14-16H2,1-2H3/b7-5+/t17-,24?,26+/m0/s1. The van der Waals surface area contributed by atoms with Gasteiger partial charge in [-0.1, -0.05) is 49.4 Å². The van der Waals surface area contributed by atoms with Gasteiger partial charge in [0.15, 0.2) is 11.8 Å². The third kappa shape index (κ3) is 4.10. The number of carbonyl (C=O) groups is 3. The Morgan fingerprint density at radius 2 is 1.91 bits per heavy atom. The van der Waals surface area contributed by atoms with Gasteiger partial charge in [-0.05, 0) is 30.2 Å². The van der Waals surface area contributed by atoms with Crippen molar-refractivity contribution in [2.75, 3.05) is 16.4 Å². The van der Waals surface area contributed by atoms with E-state index in [1.165, 1.54) is 11.8 Å². The molecule has 4 rings (SSSR count). The molecule has 1 saturated heterocycles. The summed E-state index contributed by atoms with van der Waals surface area (Å²) in [5, 5.41) is 20.6. The summed E-state index contributed by atoms with van der Waals surface area (Å²) >= 11 is 0. The topological polar surface area (TPSA) is 107 Å². The zero-order valence-corrected chi connectivity index (χ0v) is 19.2. The summed E-state index contributed by atoms with van der Waals surface area (Å²) in [4.78, 5) is 39.8. The predicted molar refractivity (Wildman–Crippen MR) is 126 cm³/mol. The van der Waals surface area contributed by atoms with Gasteiger partial charge in [0.25, 0.3) is 5.91 Å². The lowest BCUT2D eigenvalue weighted by Gasteiger charge is -2.39. The third-order valence-corrected chi connectivity index (χ3v) is 6.32. The van der Waals surface area contributed by atoms with Crippen molar-refractivity contribution in [2.24, 2.45) is 5.92 Å². The summed E-state index contributed by atoms with van der Waals surface area (Å²) in [5.74, 6) is -1.48. The number of aliphatic hydroxyl groups excluding tert-OH is 1. The molecule has 0 aromatic heterocycles. The van der Waals surface area contributed by atoms with E-state index in [0.29, 0.717) is 23.4 Å². The Bertz CT molecular complexity index is 1130. The van der Waals surface area contributed by atoms with Crippen LogP contribution >= 0.6 is 0 Å². The lowest BCUT2D eigenvalue weighted by molar-refractivity contribution is -0.153. The Hall–Kier alpha value is -3.49. The largest absolute Gasteiger partial charge is 0.441 e. The molecule has 8 heteroatoms. The molecule has 2 N–H and O–H groups in total. The van der Waals surface area contributed by atoms with Crippen LogP contribution in [0.25, 0.3) is 0 Å². The second-order valence-corrected chi connectivity index (χ2v) is 8.60. The summed E-state index contributed by atoms with van der Waals surface area (Å²) in [6, 6.07) is 14.3. The van der Waals surface area contributed by atoms with Gasteiger partial charge >= 0.3 is 5.97 Å². The number of anilines is 2. The Morgan fingerprint density at radius 3 is 2.56 bits per heavy atom.